The minimum Gasteiger partial charge on any atom is -0.462 e. The van der Waals surface area contributed by atoms with Crippen LogP contribution >= 0.6 is 0 Å². The number of carbonyl (C=O) groups is 1. The summed E-state index contributed by atoms with van der Waals surface area (Å²) in [5, 5.41) is 0. The summed E-state index contributed by atoms with van der Waals surface area (Å²) >= 11 is 0. The van der Waals surface area contributed by atoms with Crippen LogP contribution in [0.1, 0.15) is 39.5 Å². The predicted octanol–water partition coefficient (Wildman–Crippen LogP) is 1.39. The lowest BCUT2D eigenvalue weighted by Gasteiger charge is -2.31. The number of ether oxygens (including phenoxy) is 1. The predicted molar refractivity (Wildman–Crippen MR) is 68.7 cm³/mol. The van der Waals surface area contributed by atoms with Crippen molar-refractivity contribution in [1.82, 2.24) is 4.90 Å². The lowest BCUT2D eigenvalue weighted by molar-refractivity contribution is -0.151. The standard InChI is InChI=1S/C13H26N2O2/c1-11(2)4-8-15-9-5-12(6-10-15)17-13(16)3-7-14/h11-12H,3-10,14H2,1-2H3. The molecule has 0 aromatic carbocycles. The molecule has 0 saturated carbocycles. The second-order valence-corrected chi connectivity index (χ2v) is 5.25. The van der Waals surface area contributed by atoms with Gasteiger partial charge in [-0.05, 0) is 31.7 Å². The molecular formula is C13H26N2O2. The van der Waals surface area contributed by atoms with Crippen molar-refractivity contribution >= 4 is 5.97 Å². The van der Waals surface area contributed by atoms with Gasteiger partial charge in [0, 0.05) is 19.6 Å². The summed E-state index contributed by atoms with van der Waals surface area (Å²) in [7, 11) is 0. The minimum atomic E-state index is -0.145. The molecule has 1 aliphatic heterocycles. The maximum absolute atomic E-state index is 11.3. The third-order valence-corrected chi connectivity index (χ3v) is 3.20. The number of esters is 1. The van der Waals surface area contributed by atoms with E-state index in [-0.39, 0.29) is 12.1 Å². The average molecular weight is 242 g/mol. The maximum Gasteiger partial charge on any atom is 0.307 e. The summed E-state index contributed by atoms with van der Waals surface area (Å²) in [6.45, 7) is 8.15. The molecule has 0 aromatic rings. The molecule has 1 rings (SSSR count). The van der Waals surface area contributed by atoms with Crippen molar-refractivity contribution in [2.75, 3.05) is 26.2 Å². The SMILES string of the molecule is CC(C)CCN1CCC(OC(=O)CCN)CC1. The van der Waals surface area contributed by atoms with E-state index in [2.05, 4.69) is 18.7 Å². The quantitative estimate of drug-likeness (QED) is 0.715. The van der Waals surface area contributed by atoms with Crippen molar-refractivity contribution in [1.29, 1.82) is 0 Å². The summed E-state index contributed by atoms with van der Waals surface area (Å²) in [6.07, 6.45) is 3.64. The fourth-order valence-corrected chi connectivity index (χ4v) is 2.05. The molecular weight excluding hydrogens is 216 g/mol. The zero-order valence-electron chi connectivity index (χ0n) is 11.2. The van der Waals surface area contributed by atoms with Gasteiger partial charge in [-0.25, -0.2) is 0 Å². The van der Waals surface area contributed by atoms with E-state index < -0.39 is 0 Å². The highest BCUT2D eigenvalue weighted by Crippen LogP contribution is 2.15. The van der Waals surface area contributed by atoms with Crippen LogP contribution in [-0.2, 0) is 9.53 Å². The van der Waals surface area contributed by atoms with Crippen LogP contribution in [0.25, 0.3) is 0 Å². The number of piperidine rings is 1. The van der Waals surface area contributed by atoms with Crippen LogP contribution in [0.2, 0.25) is 0 Å². The van der Waals surface area contributed by atoms with Gasteiger partial charge >= 0.3 is 5.97 Å². The molecule has 0 bridgehead atoms. The summed E-state index contributed by atoms with van der Waals surface area (Å²) in [5.41, 5.74) is 5.32. The molecule has 0 spiro atoms. The summed E-state index contributed by atoms with van der Waals surface area (Å²) in [4.78, 5) is 13.8. The molecule has 17 heavy (non-hydrogen) atoms. The Labute approximate surface area is 104 Å². The summed E-state index contributed by atoms with van der Waals surface area (Å²) in [5.74, 6) is 0.614. The highest BCUT2D eigenvalue weighted by atomic mass is 16.5. The first-order chi connectivity index (χ1) is 8.11. The van der Waals surface area contributed by atoms with Crippen molar-refractivity contribution in [3.63, 3.8) is 0 Å². The van der Waals surface area contributed by atoms with E-state index in [0.29, 0.717) is 13.0 Å². The van der Waals surface area contributed by atoms with Gasteiger partial charge in [-0.15, -0.1) is 0 Å². The zero-order valence-corrected chi connectivity index (χ0v) is 11.2. The third kappa shape index (κ3) is 6.03. The van der Waals surface area contributed by atoms with Crippen LogP contribution in [0, 0.1) is 5.92 Å². The van der Waals surface area contributed by atoms with Gasteiger partial charge in [-0.3, -0.25) is 4.79 Å². The van der Waals surface area contributed by atoms with Crippen LogP contribution in [-0.4, -0.2) is 43.2 Å². The highest BCUT2D eigenvalue weighted by Gasteiger charge is 2.21. The van der Waals surface area contributed by atoms with Crippen molar-refractivity contribution in [3.8, 4) is 0 Å². The van der Waals surface area contributed by atoms with Gasteiger partial charge < -0.3 is 15.4 Å². The summed E-state index contributed by atoms with van der Waals surface area (Å²) < 4.78 is 5.36. The number of hydrogen-bond acceptors (Lipinski definition) is 4. The van der Waals surface area contributed by atoms with Crippen LogP contribution in [0.5, 0.6) is 0 Å². The maximum atomic E-state index is 11.3. The Morgan fingerprint density at radius 1 is 1.41 bits per heavy atom. The molecule has 0 unspecified atom stereocenters. The molecule has 2 N–H and O–H groups in total. The summed E-state index contributed by atoms with van der Waals surface area (Å²) in [6, 6.07) is 0. The largest absolute Gasteiger partial charge is 0.462 e. The Morgan fingerprint density at radius 2 is 2.06 bits per heavy atom. The first-order valence-electron chi connectivity index (χ1n) is 6.73. The Kier molecular flexibility index (Phi) is 6.52. The number of hydrogen-bond donors (Lipinski definition) is 1. The van der Waals surface area contributed by atoms with Gasteiger partial charge in [0.05, 0.1) is 6.42 Å². The molecule has 1 saturated heterocycles. The fourth-order valence-electron chi connectivity index (χ4n) is 2.05. The van der Waals surface area contributed by atoms with Gasteiger partial charge in [0.1, 0.15) is 6.10 Å². The van der Waals surface area contributed by atoms with Gasteiger partial charge in [0.15, 0.2) is 0 Å². The van der Waals surface area contributed by atoms with Crippen LogP contribution < -0.4 is 5.73 Å². The molecule has 4 nitrogen and oxygen atoms in total. The van der Waals surface area contributed by atoms with Gasteiger partial charge in [0.25, 0.3) is 0 Å². The minimum absolute atomic E-state index is 0.115. The lowest BCUT2D eigenvalue weighted by atomic mass is 10.1. The van der Waals surface area contributed by atoms with Gasteiger partial charge in [-0.1, -0.05) is 13.8 Å². The smallest absolute Gasteiger partial charge is 0.307 e. The second-order valence-electron chi connectivity index (χ2n) is 5.25. The van der Waals surface area contributed by atoms with Crippen molar-refractivity contribution in [3.05, 3.63) is 0 Å². The van der Waals surface area contributed by atoms with Gasteiger partial charge in [-0.2, -0.15) is 0 Å². The van der Waals surface area contributed by atoms with E-state index in [1.165, 1.54) is 13.0 Å². The first kappa shape index (κ1) is 14.5. The molecule has 1 aliphatic rings. The molecule has 1 heterocycles. The van der Waals surface area contributed by atoms with Crippen LogP contribution in [0.15, 0.2) is 0 Å². The Hall–Kier alpha value is -0.610. The average Bonchev–Trinajstić information content (AvgIpc) is 2.28. The van der Waals surface area contributed by atoms with E-state index in [1.54, 1.807) is 0 Å². The Balaban J connectivity index is 2.15. The molecule has 0 radical (unpaired) electrons. The topological polar surface area (TPSA) is 55.6 Å². The molecule has 0 aliphatic carbocycles. The van der Waals surface area contributed by atoms with Crippen molar-refractivity contribution in [2.45, 2.75) is 45.6 Å². The second kappa shape index (κ2) is 7.67. The molecule has 0 aromatic heterocycles. The van der Waals surface area contributed by atoms with Crippen LogP contribution in [0.4, 0.5) is 0 Å². The zero-order chi connectivity index (χ0) is 12.7. The molecule has 1 fully saturated rings. The van der Waals surface area contributed by atoms with E-state index in [1.807, 2.05) is 0 Å². The van der Waals surface area contributed by atoms with E-state index in [0.717, 1.165) is 31.8 Å². The number of likely N-dealkylation sites (tertiary alicyclic amines) is 1. The number of nitrogens with two attached hydrogens (primary N) is 1. The number of nitrogens with zero attached hydrogens (tertiary/aromatic N) is 1. The van der Waals surface area contributed by atoms with E-state index >= 15 is 0 Å². The monoisotopic (exact) mass is 242 g/mol. The van der Waals surface area contributed by atoms with Crippen molar-refractivity contribution in [2.24, 2.45) is 11.7 Å². The normalized spacial score (nSPS) is 18.6. The Morgan fingerprint density at radius 3 is 2.59 bits per heavy atom. The third-order valence-electron chi connectivity index (χ3n) is 3.20. The van der Waals surface area contributed by atoms with Gasteiger partial charge in [0.2, 0.25) is 0 Å². The highest BCUT2D eigenvalue weighted by molar-refractivity contribution is 5.69. The number of carbonyl (C=O) groups excluding carboxylic acids is 1. The van der Waals surface area contributed by atoms with Crippen LogP contribution in [0.3, 0.4) is 0 Å². The molecule has 0 atom stereocenters. The first-order valence-corrected chi connectivity index (χ1v) is 6.73. The van der Waals surface area contributed by atoms with E-state index in [4.69, 9.17) is 10.5 Å². The molecule has 100 valence electrons. The molecule has 0 amide bonds. The Bertz CT molecular complexity index is 223. The van der Waals surface area contributed by atoms with Crippen molar-refractivity contribution < 1.29 is 9.53 Å². The number of rotatable bonds is 6. The molecule has 4 heteroatoms. The van der Waals surface area contributed by atoms with E-state index in [9.17, 15) is 4.79 Å². The lowest BCUT2D eigenvalue weighted by Crippen LogP contribution is -2.38. The fraction of sp³-hybridized carbons (Fsp3) is 0.923.